The first-order valence-electron chi connectivity index (χ1n) is 7.38. The lowest BCUT2D eigenvalue weighted by Gasteiger charge is -2.14. The number of unbranched alkanes of at least 4 members (excludes halogenated alkanes) is 1. The number of nitrogens with zero attached hydrogens (tertiary/aromatic N) is 2. The predicted octanol–water partition coefficient (Wildman–Crippen LogP) is 3.90. The van der Waals surface area contributed by atoms with Gasteiger partial charge in [-0.2, -0.15) is 11.8 Å². The highest BCUT2D eigenvalue weighted by Crippen LogP contribution is 2.24. The first-order chi connectivity index (χ1) is 9.67. The highest BCUT2D eigenvalue weighted by molar-refractivity contribution is 7.98. The number of thioether (sulfide) groups is 1. The molecule has 1 atom stereocenters. The van der Waals surface area contributed by atoms with Gasteiger partial charge in [-0.05, 0) is 49.5 Å². The van der Waals surface area contributed by atoms with Crippen molar-refractivity contribution < 1.29 is 0 Å². The van der Waals surface area contributed by atoms with E-state index < -0.39 is 0 Å². The smallest absolute Gasteiger partial charge is 0.126 e. The van der Waals surface area contributed by atoms with Crippen molar-refractivity contribution in [1.29, 1.82) is 0 Å². The molecule has 110 valence electrons. The lowest BCUT2D eigenvalue weighted by molar-refractivity contribution is 0.562. The third-order valence-electron chi connectivity index (χ3n) is 3.63. The van der Waals surface area contributed by atoms with E-state index in [1.54, 1.807) is 0 Å². The molecule has 1 aromatic heterocycles. The van der Waals surface area contributed by atoms with Gasteiger partial charge in [0.1, 0.15) is 5.82 Å². The van der Waals surface area contributed by atoms with Crippen LogP contribution >= 0.6 is 11.8 Å². The van der Waals surface area contributed by atoms with Gasteiger partial charge < -0.3 is 10.3 Å². The fourth-order valence-corrected chi connectivity index (χ4v) is 2.96. The summed E-state index contributed by atoms with van der Waals surface area (Å²) in [4.78, 5) is 4.81. The highest BCUT2D eigenvalue weighted by Gasteiger charge is 2.16. The van der Waals surface area contributed by atoms with E-state index in [1.807, 2.05) is 11.8 Å². The van der Waals surface area contributed by atoms with Crippen molar-refractivity contribution >= 4 is 22.8 Å². The largest absolute Gasteiger partial charge is 0.327 e. The van der Waals surface area contributed by atoms with Gasteiger partial charge >= 0.3 is 0 Å². The van der Waals surface area contributed by atoms with Crippen LogP contribution in [0.3, 0.4) is 0 Å². The number of aromatic nitrogens is 2. The van der Waals surface area contributed by atoms with E-state index in [0.717, 1.165) is 30.1 Å². The van der Waals surface area contributed by atoms with Gasteiger partial charge in [-0.1, -0.05) is 19.4 Å². The molecule has 0 saturated carbocycles. The molecule has 1 unspecified atom stereocenters. The van der Waals surface area contributed by atoms with Gasteiger partial charge in [-0.3, -0.25) is 0 Å². The van der Waals surface area contributed by atoms with Gasteiger partial charge in [0.25, 0.3) is 0 Å². The number of aryl methyl sites for hydroxylation is 2. The second-order valence-electron chi connectivity index (χ2n) is 5.36. The Hall–Kier alpha value is -1.00. The van der Waals surface area contributed by atoms with Crippen LogP contribution in [0.1, 0.15) is 43.6 Å². The van der Waals surface area contributed by atoms with Gasteiger partial charge in [-0.25, -0.2) is 4.98 Å². The molecule has 0 spiro atoms. The molecule has 0 radical (unpaired) electrons. The molecule has 0 amide bonds. The summed E-state index contributed by atoms with van der Waals surface area (Å²) in [7, 11) is 0. The van der Waals surface area contributed by atoms with Gasteiger partial charge in [0.05, 0.1) is 17.1 Å². The maximum Gasteiger partial charge on any atom is 0.126 e. The van der Waals surface area contributed by atoms with Crippen LogP contribution in [-0.2, 0) is 6.54 Å². The van der Waals surface area contributed by atoms with Crippen molar-refractivity contribution in [2.24, 2.45) is 5.73 Å². The minimum absolute atomic E-state index is 0.0343. The number of hydrogen-bond donors (Lipinski definition) is 1. The number of benzene rings is 1. The third kappa shape index (κ3) is 3.36. The molecule has 0 aliphatic carbocycles. The molecular formula is C16H25N3S. The molecule has 0 saturated heterocycles. The second kappa shape index (κ2) is 7.14. The zero-order chi connectivity index (χ0) is 14.5. The van der Waals surface area contributed by atoms with E-state index in [2.05, 4.69) is 42.9 Å². The number of nitrogens with two attached hydrogens (primary N) is 1. The fourth-order valence-electron chi connectivity index (χ4n) is 2.47. The fraction of sp³-hybridized carbons (Fsp3) is 0.562. The van der Waals surface area contributed by atoms with Crippen LogP contribution in [0.4, 0.5) is 0 Å². The summed E-state index contributed by atoms with van der Waals surface area (Å²) in [5, 5.41) is 0. The van der Waals surface area contributed by atoms with E-state index >= 15 is 0 Å². The van der Waals surface area contributed by atoms with Crippen LogP contribution in [0.2, 0.25) is 0 Å². The minimum atomic E-state index is 0.0343. The van der Waals surface area contributed by atoms with E-state index in [4.69, 9.17) is 10.7 Å². The Kier molecular flexibility index (Phi) is 5.49. The molecule has 2 aromatic rings. The number of hydrogen-bond acceptors (Lipinski definition) is 3. The number of rotatable bonds is 7. The van der Waals surface area contributed by atoms with Crippen LogP contribution in [-0.4, -0.2) is 21.6 Å². The first-order valence-corrected chi connectivity index (χ1v) is 8.78. The highest BCUT2D eigenvalue weighted by atomic mass is 32.2. The van der Waals surface area contributed by atoms with E-state index in [9.17, 15) is 0 Å². The summed E-state index contributed by atoms with van der Waals surface area (Å²) in [5.41, 5.74) is 9.91. The zero-order valence-corrected chi connectivity index (χ0v) is 13.5. The SMILES string of the molecule is CCCCn1c(C(N)CCSC)nc2cc(C)ccc21. The second-order valence-corrected chi connectivity index (χ2v) is 6.34. The van der Waals surface area contributed by atoms with Crippen LogP contribution in [0.5, 0.6) is 0 Å². The van der Waals surface area contributed by atoms with E-state index in [0.29, 0.717) is 0 Å². The van der Waals surface area contributed by atoms with Crippen LogP contribution in [0.15, 0.2) is 18.2 Å². The summed E-state index contributed by atoms with van der Waals surface area (Å²) in [6, 6.07) is 6.52. The Morgan fingerprint density at radius 2 is 2.20 bits per heavy atom. The molecule has 2 N–H and O–H groups in total. The summed E-state index contributed by atoms with van der Waals surface area (Å²) in [5.74, 6) is 2.13. The van der Waals surface area contributed by atoms with Crippen LogP contribution in [0, 0.1) is 6.92 Å². The predicted molar refractivity (Wildman–Crippen MR) is 89.3 cm³/mol. The van der Waals surface area contributed by atoms with Crippen molar-refractivity contribution in [2.45, 2.75) is 45.7 Å². The molecule has 4 heteroatoms. The summed E-state index contributed by atoms with van der Waals surface area (Å²) < 4.78 is 2.32. The van der Waals surface area contributed by atoms with Crippen molar-refractivity contribution in [1.82, 2.24) is 9.55 Å². The monoisotopic (exact) mass is 291 g/mol. The van der Waals surface area contributed by atoms with Crippen LogP contribution in [0.25, 0.3) is 11.0 Å². The molecule has 1 heterocycles. The standard InChI is InChI=1S/C16H25N3S/c1-4-5-9-19-15-7-6-12(2)11-14(15)18-16(19)13(17)8-10-20-3/h6-7,11,13H,4-5,8-10,17H2,1-3H3. The maximum atomic E-state index is 6.36. The Morgan fingerprint density at radius 1 is 1.40 bits per heavy atom. The quantitative estimate of drug-likeness (QED) is 0.841. The Morgan fingerprint density at radius 3 is 2.90 bits per heavy atom. The topological polar surface area (TPSA) is 43.8 Å². The molecule has 3 nitrogen and oxygen atoms in total. The van der Waals surface area contributed by atoms with Gasteiger partial charge in [-0.15, -0.1) is 0 Å². The molecule has 1 aromatic carbocycles. The number of fused-ring (bicyclic) bond motifs is 1. The van der Waals surface area contributed by atoms with Gasteiger partial charge in [0, 0.05) is 6.54 Å². The molecule has 2 rings (SSSR count). The summed E-state index contributed by atoms with van der Waals surface area (Å²) in [6.07, 6.45) is 5.46. The lowest BCUT2D eigenvalue weighted by Crippen LogP contribution is -2.17. The first kappa shape index (κ1) is 15.4. The van der Waals surface area contributed by atoms with Crippen molar-refractivity contribution in [2.75, 3.05) is 12.0 Å². The Balaban J connectivity index is 2.39. The number of imidazole rings is 1. The molecule has 0 aliphatic rings. The maximum absolute atomic E-state index is 6.36. The molecular weight excluding hydrogens is 266 g/mol. The van der Waals surface area contributed by atoms with Crippen LogP contribution < -0.4 is 5.73 Å². The molecule has 20 heavy (non-hydrogen) atoms. The third-order valence-corrected chi connectivity index (χ3v) is 4.28. The normalized spacial score (nSPS) is 13.0. The van der Waals surface area contributed by atoms with E-state index in [1.165, 1.54) is 23.9 Å². The van der Waals surface area contributed by atoms with Crippen molar-refractivity contribution in [3.63, 3.8) is 0 Å². The average Bonchev–Trinajstić information content (AvgIpc) is 2.80. The van der Waals surface area contributed by atoms with Crippen molar-refractivity contribution in [3.05, 3.63) is 29.6 Å². The Labute approximate surface area is 125 Å². The van der Waals surface area contributed by atoms with Crippen molar-refractivity contribution in [3.8, 4) is 0 Å². The molecule has 0 fully saturated rings. The average molecular weight is 291 g/mol. The summed E-state index contributed by atoms with van der Waals surface area (Å²) in [6.45, 7) is 5.34. The lowest BCUT2D eigenvalue weighted by atomic mass is 10.2. The molecule has 0 bridgehead atoms. The zero-order valence-electron chi connectivity index (χ0n) is 12.7. The Bertz CT molecular complexity index is 562. The summed E-state index contributed by atoms with van der Waals surface area (Å²) >= 11 is 1.84. The van der Waals surface area contributed by atoms with Gasteiger partial charge in [0.2, 0.25) is 0 Å². The minimum Gasteiger partial charge on any atom is -0.327 e. The van der Waals surface area contributed by atoms with E-state index in [-0.39, 0.29) is 6.04 Å². The van der Waals surface area contributed by atoms with Gasteiger partial charge in [0.15, 0.2) is 0 Å². The molecule has 0 aliphatic heterocycles.